The number of benzene rings is 2. The van der Waals surface area contributed by atoms with E-state index in [0.29, 0.717) is 18.9 Å². The highest BCUT2D eigenvalue weighted by atomic mass is 16.5. The second-order valence-electron chi connectivity index (χ2n) is 6.64. The van der Waals surface area contributed by atoms with E-state index in [-0.39, 0.29) is 5.97 Å². The minimum Gasteiger partial charge on any atom is -0.462 e. The van der Waals surface area contributed by atoms with E-state index in [0.717, 1.165) is 40.9 Å². The number of hydrogen-bond acceptors (Lipinski definition) is 4. The largest absolute Gasteiger partial charge is 0.462 e. The maximum Gasteiger partial charge on any atom is 0.338 e. The number of carbonyl (C=O) groups is 1. The molecular formula is C23H26N2O3. The van der Waals surface area contributed by atoms with Crippen molar-refractivity contribution in [3.05, 3.63) is 65.7 Å². The van der Waals surface area contributed by atoms with Crippen LogP contribution in [0.3, 0.4) is 0 Å². The predicted molar refractivity (Wildman–Crippen MR) is 110 cm³/mol. The second kappa shape index (κ2) is 9.33. The Kier molecular flexibility index (Phi) is 6.61. The van der Waals surface area contributed by atoms with Gasteiger partial charge < -0.3 is 9.47 Å². The highest BCUT2D eigenvalue weighted by molar-refractivity contribution is 5.97. The van der Waals surface area contributed by atoms with E-state index in [2.05, 4.69) is 6.92 Å². The summed E-state index contributed by atoms with van der Waals surface area (Å²) >= 11 is 0. The lowest BCUT2D eigenvalue weighted by molar-refractivity contribution is 0.0500. The van der Waals surface area contributed by atoms with E-state index in [1.807, 2.05) is 55.5 Å². The van der Waals surface area contributed by atoms with E-state index in [1.165, 1.54) is 0 Å². The molecule has 2 aromatic carbocycles. The van der Waals surface area contributed by atoms with Gasteiger partial charge in [0.05, 0.1) is 23.6 Å². The smallest absolute Gasteiger partial charge is 0.338 e. The molecule has 0 fully saturated rings. The van der Waals surface area contributed by atoms with E-state index in [9.17, 15) is 4.79 Å². The van der Waals surface area contributed by atoms with Crippen LogP contribution < -0.4 is 0 Å². The highest BCUT2D eigenvalue weighted by Gasteiger charge is 2.22. The molecule has 0 N–H and O–H groups in total. The maximum atomic E-state index is 12.7. The van der Waals surface area contributed by atoms with Gasteiger partial charge in [0, 0.05) is 23.8 Å². The summed E-state index contributed by atoms with van der Waals surface area (Å²) in [4.78, 5) is 12.7. The van der Waals surface area contributed by atoms with Gasteiger partial charge in [0.25, 0.3) is 0 Å². The van der Waals surface area contributed by atoms with Gasteiger partial charge in [0.15, 0.2) is 0 Å². The Morgan fingerprint density at radius 2 is 1.79 bits per heavy atom. The Morgan fingerprint density at radius 3 is 2.50 bits per heavy atom. The normalized spacial score (nSPS) is 10.8. The number of carbonyl (C=O) groups excluding carboxylic acids is 1. The first-order valence-electron chi connectivity index (χ1n) is 9.55. The molecule has 0 unspecified atom stereocenters. The van der Waals surface area contributed by atoms with Crippen LogP contribution in [0.1, 0.15) is 35.7 Å². The van der Waals surface area contributed by atoms with Crippen molar-refractivity contribution in [1.29, 1.82) is 0 Å². The molecule has 1 heterocycles. The molecular weight excluding hydrogens is 352 g/mol. The van der Waals surface area contributed by atoms with Crippen molar-refractivity contribution in [1.82, 2.24) is 9.78 Å². The van der Waals surface area contributed by atoms with Crippen LogP contribution in [0.15, 0.2) is 54.6 Å². The van der Waals surface area contributed by atoms with E-state index in [1.54, 1.807) is 17.9 Å². The van der Waals surface area contributed by atoms with Crippen LogP contribution in [-0.2, 0) is 16.2 Å². The minimum atomic E-state index is -0.310. The molecule has 1 aromatic heterocycles. The standard InChI is InChI=1S/C23H26N2O3/c1-4-5-15-28-23(26)20-14-10-9-13-19(20)22-17(2)21(24-25(22)16-27-3)18-11-7-6-8-12-18/h6-14H,4-5,15-16H2,1-3H3. The van der Waals surface area contributed by atoms with E-state index in [4.69, 9.17) is 14.6 Å². The minimum absolute atomic E-state index is 0.294. The number of rotatable bonds is 8. The van der Waals surface area contributed by atoms with Crippen molar-refractivity contribution in [3.8, 4) is 22.5 Å². The van der Waals surface area contributed by atoms with Gasteiger partial charge in [-0.05, 0) is 19.4 Å². The van der Waals surface area contributed by atoms with Crippen LogP contribution in [0.2, 0.25) is 0 Å². The monoisotopic (exact) mass is 378 g/mol. The zero-order chi connectivity index (χ0) is 19.9. The van der Waals surface area contributed by atoms with Gasteiger partial charge in [-0.2, -0.15) is 5.10 Å². The Hall–Kier alpha value is -2.92. The molecule has 0 bridgehead atoms. The van der Waals surface area contributed by atoms with Crippen molar-refractivity contribution >= 4 is 5.97 Å². The highest BCUT2D eigenvalue weighted by Crippen LogP contribution is 2.33. The predicted octanol–water partition coefficient (Wildman–Crippen LogP) is 5.09. The number of ether oxygens (including phenoxy) is 2. The Balaban J connectivity index is 2.08. The molecule has 0 atom stereocenters. The van der Waals surface area contributed by atoms with Gasteiger partial charge in [0.1, 0.15) is 6.73 Å². The molecule has 28 heavy (non-hydrogen) atoms. The van der Waals surface area contributed by atoms with Crippen LogP contribution in [0.4, 0.5) is 0 Å². The van der Waals surface area contributed by atoms with Crippen molar-refractivity contribution in [2.75, 3.05) is 13.7 Å². The number of aromatic nitrogens is 2. The Morgan fingerprint density at radius 1 is 1.07 bits per heavy atom. The zero-order valence-corrected chi connectivity index (χ0v) is 16.6. The number of hydrogen-bond donors (Lipinski definition) is 0. The van der Waals surface area contributed by atoms with E-state index < -0.39 is 0 Å². The first-order chi connectivity index (χ1) is 13.7. The fraction of sp³-hybridized carbons (Fsp3) is 0.304. The fourth-order valence-electron chi connectivity index (χ4n) is 3.23. The molecule has 0 aliphatic carbocycles. The van der Waals surface area contributed by atoms with Gasteiger partial charge in [-0.3, -0.25) is 0 Å². The second-order valence-corrected chi connectivity index (χ2v) is 6.64. The number of methoxy groups -OCH3 is 1. The summed E-state index contributed by atoms with van der Waals surface area (Å²) in [5.74, 6) is -0.310. The van der Waals surface area contributed by atoms with Crippen LogP contribution in [-0.4, -0.2) is 29.5 Å². The third-order valence-corrected chi connectivity index (χ3v) is 4.62. The molecule has 0 radical (unpaired) electrons. The van der Waals surface area contributed by atoms with Crippen molar-refractivity contribution in [3.63, 3.8) is 0 Å². The van der Waals surface area contributed by atoms with Crippen LogP contribution in [0.25, 0.3) is 22.5 Å². The number of nitrogens with zero attached hydrogens (tertiary/aromatic N) is 2. The summed E-state index contributed by atoms with van der Waals surface area (Å²) in [6.45, 7) is 4.81. The zero-order valence-electron chi connectivity index (χ0n) is 16.6. The Bertz CT molecular complexity index is 932. The lowest BCUT2D eigenvalue weighted by Gasteiger charge is -2.12. The topological polar surface area (TPSA) is 53.3 Å². The molecule has 0 saturated heterocycles. The quantitative estimate of drug-likeness (QED) is 0.405. The summed E-state index contributed by atoms with van der Waals surface area (Å²) in [5.41, 5.74) is 5.11. The lowest BCUT2D eigenvalue weighted by atomic mass is 9.99. The van der Waals surface area contributed by atoms with Gasteiger partial charge in [-0.1, -0.05) is 61.9 Å². The molecule has 146 valence electrons. The third-order valence-electron chi connectivity index (χ3n) is 4.62. The van der Waals surface area contributed by atoms with Crippen LogP contribution in [0, 0.1) is 6.92 Å². The molecule has 3 rings (SSSR count). The summed E-state index contributed by atoms with van der Waals surface area (Å²) in [6.07, 6.45) is 1.84. The van der Waals surface area contributed by atoms with Crippen LogP contribution in [0.5, 0.6) is 0 Å². The maximum absolute atomic E-state index is 12.7. The molecule has 0 amide bonds. The number of unbranched alkanes of at least 4 members (excludes halogenated alkanes) is 1. The lowest BCUT2D eigenvalue weighted by Crippen LogP contribution is -2.10. The molecule has 5 heteroatoms. The van der Waals surface area contributed by atoms with Crippen molar-refractivity contribution in [2.24, 2.45) is 0 Å². The molecule has 0 aliphatic rings. The van der Waals surface area contributed by atoms with Gasteiger partial charge in [0.2, 0.25) is 0 Å². The van der Waals surface area contributed by atoms with Gasteiger partial charge >= 0.3 is 5.97 Å². The summed E-state index contributed by atoms with van der Waals surface area (Å²) in [5, 5.41) is 4.76. The summed E-state index contributed by atoms with van der Waals surface area (Å²) < 4.78 is 12.6. The number of esters is 1. The fourth-order valence-corrected chi connectivity index (χ4v) is 3.23. The van der Waals surface area contributed by atoms with Gasteiger partial charge in [-0.25, -0.2) is 9.48 Å². The average Bonchev–Trinajstić information content (AvgIpc) is 3.05. The molecule has 5 nitrogen and oxygen atoms in total. The Labute approximate surface area is 165 Å². The van der Waals surface area contributed by atoms with Crippen LogP contribution >= 0.6 is 0 Å². The first kappa shape index (κ1) is 19.8. The molecule has 0 saturated carbocycles. The van der Waals surface area contributed by atoms with Gasteiger partial charge in [-0.15, -0.1) is 0 Å². The average molecular weight is 378 g/mol. The first-order valence-corrected chi connectivity index (χ1v) is 9.55. The van der Waals surface area contributed by atoms with Crippen molar-refractivity contribution < 1.29 is 14.3 Å². The summed E-state index contributed by atoms with van der Waals surface area (Å²) in [6, 6.07) is 17.5. The third kappa shape index (κ3) is 4.15. The van der Waals surface area contributed by atoms with Crippen molar-refractivity contribution in [2.45, 2.75) is 33.4 Å². The molecule has 0 aliphatic heterocycles. The SMILES string of the molecule is CCCCOC(=O)c1ccccc1-c1c(C)c(-c2ccccc2)nn1COC. The molecule has 3 aromatic rings. The summed E-state index contributed by atoms with van der Waals surface area (Å²) in [7, 11) is 1.63. The molecule has 0 spiro atoms. The van der Waals surface area contributed by atoms with E-state index >= 15 is 0 Å².